The van der Waals surface area contributed by atoms with E-state index in [1.807, 2.05) is 6.07 Å². The Morgan fingerprint density at radius 1 is 1.17 bits per heavy atom. The fourth-order valence-corrected chi connectivity index (χ4v) is 4.30. The summed E-state index contributed by atoms with van der Waals surface area (Å²) in [5.41, 5.74) is -0.0326. The van der Waals surface area contributed by atoms with Crippen LogP contribution in [-0.4, -0.2) is 58.1 Å². The van der Waals surface area contributed by atoms with Gasteiger partial charge in [-0.3, -0.25) is 9.59 Å². The summed E-state index contributed by atoms with van der Waals surface area (Å²) < 4.78 is 3.23. The van der Waals surface area contributed by atoms with Gasteiger partial charge in [0, 0.05) is 30.2 Å². The number of aromatic nitrogens is 2. The lowest BCUT2D eigenvalue weighted by Crippen LogP contribution is -2.29. The normalized spacial score (nSPS) is 15.9. The van der Waals surface area contributed by atoms with Gasteiger partial charge in [0.15, 0.2) is 0 Å². The summed E-state index contributed by atoms with van der Waals surface area (Å²) in [6.07, 6.45) is 2.32. The summed E-state index contributed by atoms with van der Waals surface area (Å²) in [4.78, 5) is 27.5. The molecule has 0 saturated carbocycles. The highest BCUT2D eigenvalue weighted by atomic mass is 35.5. The van der Waals surface area contributed by atoms with Crippen LogP contribution in [0.3, 0.4) is 0 Å². The predicted octanol–water partition coefficient (Wildman–Crippen LogP) is 3.49. The molecule has 0 spiro atoms. The topological polar surface area (TPSA) is 70.5 Å². The average molecular weight is 477 g/mol. The van der Waals surface area contributed by atoms with Crippen molar-refractivity contribution in [2.75, 3.05) is 38.5 Å². The Morgan fingerprint density at radius 2 is 1.97 bits per heavy atom. The first kappa shape index (κ1) is 22.4. The number of halogens is 3. The molecule has 1 N–H and O–H groups in total. The van der Waals surface area contributed by atoms with Crippen LogP contribution in [0.4, 0.5) is 5.69 Å². The second-order valence-corrected chi connectivity index (χ2v) is 8.97. The molecule has 0 bridgehead atoms. The summed E-state index contributed by atoms with van der Waals surface area (Å²) in [6, 6.07) is 5.28. The fraction of sp³-hybridized carbons (Fsp3) is 0.389. The molecule has 1 aromatic carbocycles. The predicted molar refractivity (Wildman–Crippen MR) is 118 cm³/mol. The SMILES string of the molecule is CN1CCCN(Sc2cc(NC(=O)Cn3ncc(Cl)c(Cl)c3=O)ccc2Cl)CC1. The highest BCUT2D eigenvalue weighted by Crippen LogP contribution is 2.32. The smallest absolute Gasteiger partial charge is 0.287 e. The molecule has 156 valence electrons. The van der Waals surface area contributed by atoms with Gasteiger partial charge in [0.25, 0.3) is 5.56 Å². The van der Waals surface area contributed by atoms with E-state index in [9.17, 15) is 9.59 Å². The molecule has 2 heterocycles. The minimum absolute atomic E-state index is 0.0485. The van der Waals surface area contributed by atoms with E-state index in [4.69, 9.17) is 34.8 Å². The zero-order chi connectivity index (χ0) is 21.0. The molecule has 2 aromatic rings. The van der Waals surface area contributed by atoms with E-state index in [1.165, 1.54) is 6.20 Å². The molecule has 0 unspecified atom stereocenters. The number of likely N-dealkylation sites (N-methyl/N-ethyl adjacent to an activating group) is 1. The summed E-state index contributed by atoms with van der Waals surface area (Å²) in [7, 11) is 2.12. The van der Waals surface area contributed by atoms with Crippen LogP contribution >= 0.6 is 46.8 Å². The van der Waals surface area contributed by atoms with Crippen LogP contribution < -0.4 is 10.9 Å². The van der Waals surface area contributed by atoms with Gasteiger partial charge in [-0.15, -0.1) is 0 Å². The van der Waals surface area contributed by atoms with Crippen molar-refractivity contribution in [1.29, 1.82) is 0 Å². The lowest BCUT2D eigenvalue weighted by atomic mass is 10.3. The van der Waals surface area contributed by atoms with Gasteiger partial charge in [0.05, 0.1) is 16.2 Å². The second kappa shape index (κ2) is 10.1. The van der Waals surface area contributed by atoms with Gasteiger partial charge >= 0.3 is 0 Å². The molecule has 11 heteroatoms. The van der Waals surface area contributed by atoms with E-state index in [1.54, 1.807) is 24.1 Å². The Kier molecular flexibility index (Phi) is 7.84. The van der Waals surface area contributed by atoms with Gasteiger partial charge in [-0.25, -0.2) is 8.99 Å². The molecule has 29 heavy (non-hydrogen) atoms. The molecule has 1 saturated heterocycles. The van der Waals surface area contributed by atoms with Gasteiger partial charge in [-0.1, -0.05) is 34.8 Å². The minimum Gasteiger partial charge on any atom is -0.324 e. The number of hydrogen-bond acceptors (Lipinski definition) is 6. The molecule has 0 atom stereocenters. The standard InChI is InChI=1S/C18H20Cl3N5O2S/c1-24-5-2-6-25(8-7-24)29-15-9-12(3-4-13(15)19)23-16(27)11-26-18(28)17(21)14(20)10-22-26/h3-4,9-10H,2,5-8,11H2,1H3,(H,23,27). The van der Waals surface area contributed by atoms with Crippen molar-refractivity contribution in [1.82, 2.24) is 19.0 Å². The lowest BCUT2D eigenvalue weighted by Gasteiger charge is -2.20. The molecule has 7 nitrogen and oxygen atoms in total. The molecule has 1 fully saturated rings. The number of carbonyl (C=O) groups excluding carboxylic acids is 1. The van der Waals surface area contributed by atoms with Crippen molar-refractivity contribution in [3.8, 4) is 0 Å². The highest BCUT2D eigenvalue weighted by Gasteiger charge is 2.16. The molecule has 3 rings (SSSR count). The van der Waals surface area contributed by atoms with Crippen molar-refractivity contribution in [3.63, 3.8) is 0 Å². The zero-order valence-electron chi connectivity index (χ0n) is 15.7. The van der Waals surface area contributed by atoms with E-state index >= 15 is 0 Å². The van der Waals surface area contributed by atoms with Gasteiger partial charge in [0.2, 0.25) is 5.91 Å². The van der Waals surface area contributed by atoms with Crippen LogP contribution in [-0.2, 0) is 11.3 Å². The number of nitrogens with one attached hydrogen (secondary N) is 1. The Morgan fingerprint density at radius 3 is 2.76 bits per heavy atom. The van der Waals surface area contributed by atoms with Crippen molar-refractivity contribution in [2.45, 2.75) is 17.9 Å². The average Bonchev–Trinajstić information content (AvgIpc) is 2.89. The largest absolute Gasteiger partial charge is 0.324 e. The van der Waals surface area contributed by atoms with Crippen molar-refractivity contribution in [2.24, 2.45) is 0 Å². The number of nitrogens with zero attached hydrogens (tertiary/aromatic N) is 4. The first-order valence-corrected chi connectivity index (χ1v) is 10.9. The van der Waals surface area contributed by atoms with Gasteiger partial charge in [-0.2, -0.15) is 5.10 Å². The zero-order valence-corrected chi connectivity index (χ0v) is 18.8. The van der Waals surface area contributed by atoms with Gasteiger partial charge < -0.3 is 10.2 Å². The fourth-order valence-electron chi connectivity index (χ4n) is 2.80. The lowest BCUT2D eigenvalue weighted by molar-refractivity contribution is -0.117. The van der Waals surface area contributed by atoms with Crippen LogP contribution in [0.25, 0.3) is 0 Å². The minimum atomic E-state index is -0.618. The van der Waals surface area contributed by atoms with Gasteiger partial charge in [-0.05, 0) is 50.2 Å². The van der Waals surface area contributed by atoms with Gasteiger partial charge in [0.1, 0.15) is 11.6 Å². The summed E-state index contributed by atoms with van der Waals surface area (Å²) >= 11 is 19.5. The Hall–Kier alpha value is -1.29. The van der Waals surface area contributed by atoms with E-state index < -0.39 is 11.5 Å². The van der Waals surface area contributed by atoms with Crippen LogP contribution in [0.15, 0.2) is 34.1 Å². The maximum Gasteiger partial charge on any atom is 0.287 e. The molecule has 1 aliphatic rings. The molecular weight excluding hydrogens is 457 g/mol. The van der Waals surface area contributed by atoms with Crippen molar-refractivity contribution < 1.29 is 4.79 Å². The number of rotatable bonds is 5. The van der Waals surface area contributed by atoms with Crippen LogP contribution in [0.5, 0.6) is 0 Å². The highest BCUT2D eigenvalue weighted by molar-refractivity contribution is 7.97. The number of amides is 1. The van der Waals surface area contributed by atoms with Crippen molar-refractivity contribution in [3.05, 3.63) is 49.8 Å². The number of anilines is 1. The second-order valence-electron chi connectivity index (χ2n) is 6.64. The van der Waals surface area contributed by atoms with E-state index in [0.717, 1.165) is 42.2 Å². The monoisotopic (exact) mass is 475 g/mol. The van der Waals surface area contributed by atoms with Crippen LogP contribution in [0, 0.1) is 0 Å². The summed E-state index contributed by atoms with van der Waals surface area (Å²) in [5, 5.41) is 7.10. The van der Waals surface area contributed by atoms with E-state index in [2.05, 4.69) is 26.7 Å². The third kappa shape index (κ3) is 6.10. The maximum absolute atomic E-state index is 12.4. The first-order chi connectivity index (χ1) is 13.8. The molecule has 1 aromatic heterocycles. The summed E-state index contributed by atoms with van der Waals surface area (Å²) in [6.45, 7) is 3.68. The molecule has 1 aliphatic heterocycles. The maximum atomic E-state index is 12.4. The first-order valence-electron chi connectivity index (χ1n) is 8.95. The van der Waals surface area contributed by atoms with E-state index in [-0.39, 0.29) is 16.6 Å². The number of hydrogen-bond donors (Lipinski definition) is 1. The summed E-state index contributed by atoms with van der Waals surface area (Å²) in [5.74, 6) is -0.410. The number of carbonyl (C=O) groups is 1. The third-order valence-electron chi connectivity index (χ3n) is 4.36. The molecule has 1 amide bonds. The Balaban J connectivity index is 1.67. The Bertz CT molecular complexity index is 956. The third-order valence-corrected chi connectivity index (χ3v) is 6.70. The molecule has 0 aliphatic carbocycles. The molecular formula is C18H20Cl3N5O2S. The Labute approximate surface area is 188 Å². The van der Waals surface area contributed by atoms with Crippen LogP contribution in [0.2, 0.25) is 15.1 Å². The van der Waals surface area contributed by atoms with Crippen molar-refractivity contribution >= 4 is 58.3 Å². The number of benzene rings is 1. The quantitative estimate of drug-likeness (QED) is 0.666. The molecule has 0 radical (unpaired) electrons. The van der Waals surface area contributed by atoms with Crippen LogP contribution in [0.1, 0.15) is 6.42 Å². The van der Waals surface area contributed by atoms with E-state index in [0.29, 0.717) is 10.7 Å².